The van der Waals surface area contributed by atoms with Gasteiger partial charge < -0.3 is 23.5 Å². The van der Waals surface area contributed by atoms with Gasteiger partial charge in [-0.1, -0.05) is 49.2 Å². The van der Waals surface area contributed by atoms with Gasteiger partial charge in [0.05, 0.1) is 28.8 Å². The summed E-state index contributed by atoms with van der Waals surface area (Å²) in [4.78, 5) is 26.7. The molecular weight excluding hydrogens is 567 g/mol. The summed E-state index contributed by atoms with van der Waals surface area (Å²) >= 11 is 18.9. The number of imidazole rings is 1. The molecule has 3 rings (SSSR count). The Kier molecular flexibility index (Phi) is 10.9. The van der Waals surface area contributed by atoms with Crippen molar-refractivity contribution in [2.75, 3.05) is 19.1 Å². The molecule has 210 valence electrons. The third kappa shape index (κ3) is 8.78. The van der Waals surface area contributed by atoms with Gasteiger partial charge in [-0.15, -0.1) is 11.6 Å². The van der Waals surface area contributed by atoms with Crippen molar-refractivity contribution < 1.29 is 28.5 Å². The van der Waals surface area contributed by atoms with Crippen molar-refractivity contribution in [3.63, 3.8) is 0 Å². The van der Waals surface area contributed by atoms with E-state index >= 15 is 0 Å². The maximum absolute atomic E-state index is 11.5. The monoisotopic (exact) mass is 596 g/mol. The summed E-state index contributed by atoms with van der Waals surface area (Å²) in [5.74, 6) is 0.182. The quantitative estimate of drug-likeness (QED) is 0.174. The smallest absolute Gasteiger partial charge is 0.303 e. The predicted octanol–water partition coefficient (Wildman–Crippen LogP) is 6.08. The zero-order valence-corrected chi connectivity index (χ0v) is 24.4. The standard InChI is InChI=1S/C28H31Cl3N2O6/c1-18(34)38-23(13-29)15-37-27-25(30)11-21(12-26(27)31)28(3,4)20-5-7-22(8-6-20)36-16-24(39-19(2)35)14-33-10-9-32-17-33/h5-12,17,23-24H,13-16H2,1-4H3/t23-,24?/m0/s1. The van der Waals surface area contributed by atoms with Gasteiger partial charge in [-0.05, 0) is 35.4 Å². The van der Waals surface area contributed by atoms with Crippen LogP contribution >= 0.6 is 34.8 Å². The van der Waals surface area contributed by atoms with Crippen LogP contribution < -0.4 is 9.47 Å². The van der Waals surface area contributed by atoms with E-state index in [0.717, 1.165) is 11.1 Å². The predicted molar refractivity (Wildman–Crippen MR) is 150 cm³/mol. The number of halogens is 3. The van der Waals surface area contributed by atoms with Crippen LogP contribution in [-0.4, -0.2) is 52.8 Å². The topological polar surface area (TPSA) is 88.9 Å². The van der Waals surface area contributed by atoms with Crippen LogP contribution in [0.4, 0.5) is 0 Å². The summed E-state index contributed by atoms with van der Waals surface area (Å²) in [6, 6.07) is 11.2. The molecule has 1 heterocycles. The molecule has 2 atom stereocenters. The molecule has 11 heteroatoms. The molecule has 0 N–H and O–H groups in total. The minimum Gasteiger partial charge on any atom is -0.490 e. The Labute approximate surface area is 243 Å². The van der Waals surface area contributed by atoms with Crippen LogP contribution in [0.5, 0.6) is 11.5 Å². The second kappa shape index (κ2) is 13.9. The normalized spacial score (nSPS) is 12.9. The van der Waals surface area contributed by atoms with Gasteiger partial charge >= 0.3 is 11.9 Å². The first-order chi connectivity index (χ1) is 18.5. The van der Waals surface area contributed by atoms with E-state index in [9.17, 15) is 9.59 Å². The molecule has 0 radical (unpaired) electrons. The lowest BCUT2D eigenvalue weighted by atomic mass is 9.78. The van der Waals surface area contributed by atoms with Gasteiger partial charge in [-0.2, -0.15) is 0 Å². The first kappa shape index (κ1) is 30.6. The molecule has 2 aromatic carbocycles. The van der Waals surface area contributed by atoms with Gasteiger partial charge in [-0.3, -0.25) is 9.59 Å². The molecule has 0 fully saturated rings. The van der Waals surface area contributed by atoms with Gasteiger partial charge in [0.15, 0.2) is 11.9 Å². The Balaban J connectivity index is 1.68. The molecule has 3 aromatic rings. The van der Waals surface area contributed by atoms with Crippen molar-refractivity contribution in [2.24, 2.45) is 0 Å². The number of nitrogens with zero attached hydrogens (tertiary/aromatic N) is 2. The molecule has 0 aliphatic heterocycles. The Bertz CT molecular complexity index is 1230. The van der Waals surface area contributed by atoms with Gasteiger partial charge in [0.1, 0.15) is 25.1 Å². The number of ether oxygens (including phenoxy) is 4. The van der Waals surface area contributed by atoms with E-state index in [1.165, 1.54) is 13.8 Å². The van der Waals surface area contributed by atoms with Gasteiger partial charge in [0.25, 0.3) is 0 Å². The lowest BCUT2D eigenvalue weighted by molar-refractivity contribution is -0.148. The molecule has 0 spiro atoms. The summed E-state index contributed by atoms with van der Waals surface area (Å²) in [5, 5.41) is 0.659. The number of carbonyl (C=O) groups is 2. The van der Waals surface area contributed by atoms with E-state index in [4.69, 9.17) is 53.8 Å². The van der Waals surface area contributed by atoms with Gasteiger partial charge in [-0.25, -0.2) is 4.98 Å². The first-order valence-electron chi connectivity index (χ1n) is 12.2. The third-order valence-corrected chi connectivity index (χ3v) is 6.86. The molecule has 1 unspecified atom stereocenters. The van der Waals surface area contributed by atoms with Crippen molar-refractivity contribution in [3.8, 4) is 11.5 Å². The van der Waals surface area contributed by atoms with Crippen LogP contribution in [0.1, 0.15) is 38.8 Å². The van der Waals surface area contributed by atoms with E-state index in [-0.39, 0.29) is 25.1 Å². The van der Waals surface area contributed by atoms with Crippen molar-refractivity contribution in [3.05, 3.63) is 76.3 Å². The van der Waals surface area contributed by atoms with Crippen LogP contribution in [0, 0.1) is 0 Å². The number of aromatic nitrogens is 2. The SMILES string of the molecule is CC(=O)OC(COc1ccc(C(C)(C)c2cc(Cl)c(OC[C@H](CCl)OC(C)=O)c(Cl)c2)cc1)Cn1ccnc1. The molecule has 39 heavy (non-hydrogen) atoms. The highest BCUT2D eigenvalue weighted by Gasteiger charge is 2.26. The van der Waals surface area contributed by atoms with Crippen molar-refractivity contribution >= 4 is 46.7 Å². The lowest BCUT2D eigenvalue weighted by Gasteiger charge is -2.27. The summed E-state index contributed by atoms with van der Waals surface area (Å²) in [6.07, 6.45) is 4.03. The van der Waals surface area contributed by atoms with Crippen LogP contribution in [0.15, 0.2) is 55.1 Å². The van der Waals surface area contributed by atoms with E-state index in [2.05, 4.69) is 18.8 Å². The Morgan fingerprint density at radius 3 is 2.05 bits per heavy atom. The van der Waals surface area contributed by atoms with E-state index < -0.39 is 23.6 Å². The number of hydrogen-bond acceptors (Lipinski definition) is 7. The van der Waals surface area contributed by atoms with Gasteiger partial charge in [0.2, 0.25) is 0 Å². The molecule has 8 nitrogen and oxygen atoms in total. The molecule has 0 aliphatic rings. The maximum Gasteiger partial charge on any atom is 0.303 e. The zero-order valence-electron chi connectivity index (χ0n) is 22.2. The lowest BCUT2D eigenvalue weighted by Crippen LogP contribution is -2.28. The van der Waals surface area contributed by atoms with E-state index in [0.29, 0.717) is 28.1 Å². The summed E-state index contributed by atoms with van der Waals surface area (Å²) in [5.41, 5.74) is 1.42. The van der Waals surface area contributed by atoms with Crippen LogP contribution in [0.3, 0.4) is 0 Å². The molecule has 0 saturated heterocycles. The Morgan fingerprint density at radius 1 is 0.923 bits per heavy atom. The highest BCUT2D eigenvalue weighted by Crippen LogP contribution is 2.40. The first-order valence-corrected chi connectivity index (χ1v) is 13.5. The highest BCUT2D eigenvalue weighted by molar-refractivity contribution is 6.37. The average Bonchev–Trinajstić information content (AvgIpc) is 3.38. The number of alkyl halides is 1. The third-order valence-electron chi connectivity index (χ3n) is 5.96. The molecule has 0 amide bonds. The van der Waals surface area contributed by atoms with E-state index in [1.54, 1.807) is 30.9 Å². The Hall–Kier alpha value is -2.94. The van der Waals surface area contributed by atoms with Crippen molar-refractivity contribution in [1.29, 1.82) is 0 Å². The van der Waals surface area contributed by atoms with Crippen LogP contribution in [-0.2, 0) is 31.0 Å². The highest BCUT2D eigenvalue weighted by atomic mass is 35.5. The van der Waals surface area contributed by atoms with E-state index in [1.807, 2.05) is 28.8 Å². The average molecular weight is 598 g/mol. The fraction of sp³-hybridized carbons (Fsp3) is 0.393. The van der Waals surface area contributed by atoms with Crippen LogP contribution in [0.25, 0.3) is 0 Å². The van der Waals surface area contributed by atoms with Gasteiger partial charge in [0, 0.05) is 31.7 Å². The largest absolute Gasteiger partial charge is 0.490 e. The number of rotatable bonds is 13. The molecular formula is C28H31Cl3N2O6. The molecule has 0 aliphatic carbocycles. The van der Waals surface area contributed by atoms with Crippen molar-refractivity contribution in [2.45, 2.75) is 51.9 Å². The fourth-order valence-corrected chi connectivity index (χ4v) is 4.64. The number of benzene rings is 2. The number of hydrogen-bond donors (Lipinski definition) is 0. The summed E-state index contributed by atoms with van der Waals surface area (Å²) in [7, 11) is 0. The fourth-order valence-electron chi connectivity index (χ4n) is 3.89. The second-order valence-electron chi connectivity index (χ2n) is 9.42. The minimum atomic E-state index is -0.622. The molecule has 0 bridgehead atoms. The Morgan fingerprint density at radius 2 is 1.51 bits per heavy atom. The minimum absolute atomic E-state index is 0.0212. The summed E-state index contributed by atoms with van der Waals surface area (Å²) < 4.78 is 24.0. The second-order valence-corrected chi connectivity index (χ2v) is 10.5. The summed E-state index contributed by atoms with van der Waals surface area (Å²) in [6.45, 7) is 7.42. The molecule has 0 saturated carbocycles. The zero-order chi connectivity index (χ0) is 28.6. The maximum atomic E-state index is 11.5. The number of carbonyl (C=O) groups excluding carboxylic acids is 2. The van der Waals surface area contributed by atoms with Crippen molar-refractivity contribution in [1.82, 2.24) is 9.55 Å². The molecule has 1 aromatic heterocycles. The number of esters is 2. The van der Waals surface area contributed by atoms with Crippen LogP contribution in [0.2, 0.25) is 10.0 Å².